The normalized spacial score (nSPS) is 16.1. The van der Waals surface area contributed by atoms with Crippen molar-refractivity contribution in [3.05, 3.63) is 28.8 Å². The molecule has 0 amide bonds. The van der Waals surface area contributed by atoms with E-state index in [0.29, 0.717) is 6.07 Å². The summed E-state index contributed by atoms with van der Waals surface area (Å²) in [5.41, 5.74) is -2.88. The van der Waals surface area contributed by atoms with Gasteiger partial charge < -0.3 is 4.74 Å². The predicted octanol–water partition coefficient (Wildman–Crippen LogP) is 3.16. The average Bonchev–Trinajstić information content (AvgIpc) is 2.25. The van der Waals surface area contributed by atoms with Crippen molar-refractivity contribution in [2.45, 2.75) is 18.9 Å². The molecule has 0 spiro atoms. The molecule has 8 heteroatoms. The third-order valence-electron chi connectivity index (χ3n) is 2.43. The van der Waals surface area contributed by atoms with Crippen LogP contribution in [0.15, 0.2) is 12.1 Å². The van der Waals surface area contributed by atoms with Gasteiger partial charge in [0.15, 0.2) is 0 Å². The van der Waals surface area contributed by atoms with Gasteiger partial charge in [-0.1, -0.05) is 0 Å². The van der Waals surface area contributed by atoms with E-state index in [0.717, 1.165) is 0 Å². The fraction of sp³-hybridized carbons (Fsp3) is 0.400. The molecule has 0 aromatic heterocycles. The van der Waals surface area contributed by atoms with Gasteiger partial charge in [-0.2, -0.15) is 26.3 Å². The molecule has 1 N–H and O–H groups in total. The van der Waals surface area contributed by atoms with Crippen molar-refractivity contribution in [3.8, 4) is 5.75 Å². The molecule has 100 valence electrons. The van der Waals surface area contributed by atoms with Crippen LogP contribution in [-0.2, 0) is 18.9 Å². The third kappa shape index (κ3) is 2.38. The zero-order valence-electron chi connectivity index (χ0n) is 8.74. The van der Waals surface area contributed by atoms with Crippen LogP contribution in [0.1, 0.15) is 16.7 Å². The summed E-state index contributed by atoms with van der Waals surface area (Å²) < 4.78 is 80.3. The van der Waals surface area contributed by atoms with E-state index in [2.05, 4.69) is 5.32 Å². The molecule has 1 aromatic carbocycles. The van der Waals surface area contributed by atoms with E-state index in [1.807, 2.05) is 0 Å². The van der Waals surface area contributed by atoms with Gasteiger partial charge in [0.25, 0.3) is 0 Å². The number of halogens is 6. The number of rotatable bonds is 0. The first-order valence-corrected chi connectivity index (χ1v) is 4.84. The van der Waals surface area contributed by atoms with Gasteiger partial charge in [-0.15, -0.1) is 0 Å². The minimum Gasteiger partial charge on any atom is -0.477 e. The Hall–Kier alpha value is -1.44. The summed E-state index contributed by atoms with van der Waals surface area (Å²) in [6, 6.07) is 0.737. The molecule has 0 unspecified atom stereocenters. The number of nitrogens with one attached hydrogen (secondary N) is 1. The van der Waals surface area contributed by atoms with Crippen LogP contribution in [0.2, 0.25) is 0 Å². The van der Waals surface area contributed by atoms with E-state index < -0.39 is 29.2 Å². The smallest absolute Gasteiger partial charge is 0.419 e. The van der Waals surface area contributed by atoms with Gasteiger partial charge in [0.05, 0.1) is 11.1 Å². The molecular weight excluding hydrogens is 264 g/mol. The van der Waals surface area contributed by atoms with Gasteiger partial charge in [0, 0.05) is 12.1 Å². The Labute approximate surface area is 97.5 Å². The lowest BCUT2D eigenvalue weighted by Gasteiger charge is -2.24. The Kier molecular flexibility index (Phi) is 2.92. The van der Waals surface area contributed by atoms with Crippen LogP contribution in [0.4, 0.5) is 26.3 Å². The highest BCUT2D eigenvalue weighted by Gasteiger charge is 2.40. The van der Waals surface area contributed by atoms with Crippen molar-refractivity contribution in [2.24, 2.45) is 0 Å². The van der Waals surface area contributed by atoms with E-state index in [-0.39, 0.29) is 24.9 Å². The first-order chi connectivity index (χ1) is 8.19. The molecule has 2 rings (SSSR count). The maximum atomic E-state index is 12.7. The summed E-state index contributed by atoms with van der Waals surface area (Å²) in [7, 11) is 0. The van der Waals surface area contributed by atoms with E-state index in [9.17, 15) is 26.3 Å². The second-order valence-corrected chi connectivity index (χ2v) is 3.72. The minimum atomic E-state index is -4.89. The average molecular weight is 271 g/mol. The maximum Gasteiger partial charge on any atom is 0.419 e. The van der Waals surface area contributed by atoms with Crippen molar-refractivity contribution >= 4 is 0 Å². The molecule has 0 atom stereocenters. The summed E-state index contributed by atoms with van der Waals surface area (Å²) in [5.74, 6) is -0.533. The Balaban J connectivity index is 2.63. The number of hydrogen-bond donors (Lipinski definition) is 1. The highest BCUT2D eigenvalue weighted by Crippen LogP contribution is 2.43. The number of benzene rings is 1. The lowest BCUT2D eigenvalue weighted by atomic mass is 10.0. The molecule has 0 radical (unpaired) electrons. The fourth-order valence-electron chi connectivity index (χ4n) is 1.67. The molecule has 1 aromatic rings. The minimum absolute atomic E-state index is 0.0736. The van der Waals surface area contributed by atoms with Crippen molar-refractivity contribution in [1.29, 1.82) is 0 Å². The summed E-state index contributed by atoms with van der Waals surface area (Å²) in [6.07, 6.45) is -9.71. The van der Waals surface area contributed by atoms with E-state index in [4.69, 9.17) is 4.74 Å². The molecule has 0 saturated carbocycles. The zero-order valence-corrected chi connectivity index (χ0v) is 8.74. The highest BCUT2D eigenvalue weighted by molar-refractivity contribution is 5.47. The second kappa shape index (κ2) is 4.04. The van der Waals surface area contributed by atoms with Crippen LogP contribution in [0.3, 0.4) is 0 Å². The van der Waals surface area contributed by atoms with E-state index in [1.165, 1.54) is 0 Å². The number of fused-ring (bicyclic) bond motifs is 1. The predicted molar refractivity (Wildman–Crippen MR) is 48.8 cm³/mol. The Morgan fingerprint density at radius 3 is 2.22 bits per heavy atom. The first-order valence-electron chi connectivity index (χ1n) is 4.84. The summed E-state index contributed by atoms with van der Waals surface area (Å²) >= 11 is 0. The third-order valence-corrected chi connectivity index (χ3v) is 2.43. The molecule has 0 bridgehead atoms. The monoisotopic (exact) mass is 271 g/mol. The summed E-state index contributed by atoms with van der Waals surface area (Å²) in [5, 5.41) is 2.54. The quantitative estimate of drug-likeness (QED) is 0.732. The van der Waals surface area contributed by atoms with Crippen molar-refractivity contribution in [2.75, 3.05) is 6.73 Å². The van der Waals surface area contributed by atoms with Gasteiger partial charge in [0.1, 0.15) is 12.5 Å². The van der Waals surface area contributed by atoms with Crippen molar-refractivity contribution in [1.82, 2.24) is 5.32 Å². The van der Waals surface area contributed by atoms with E-state index in [1.54, 1.807) is 0 Å². The van der Waals surface area contributed by atoms with Crippen LogP contribution >= 0.6 is 0 Å². The van der Waals surface area contributed by atoms with Crippen LogP contribution in [0, 0.1) is 0 Å². The van der Waals surface area contributed by atoms with Gasteiger partial charge in [-0.3, -0.25) is 5.32 Å². The summed E-state index contributed by atoms with van der Waals surface area (Å²) in [6.45, 7) is -0.260. The standard InChI is InChI=1S/C10H7F6NO/c11-9(12,13)6-1-5-3-17-4-18-8(5)7(2-6)10(14,15)16/h1-2,17H,3-4H2. The van der Waals surface area contributed by atoms with Crippen LogP contribution in [0.5, 0.6) is 5.75 Å². The van der Waals surface area contributed by atoms with Crippen molar-refractivity contribution in [3.63, 3.8) is 0 Å². The Bertz CT molecular complexity index is 465. The van der Waals surface area contributed by atoms with Crippen LogP contribution in [-0.4, -0.2) is 6.73 Å². The molecule has 1 heterocycles. The molecule has 1 aliphatic rings. The van der Waals surface area contributed by atoms with Gasteiger partial charge >= 0.3 is 12.4 Å². The summed E-state index contributed by atoms with van der Waals surface area (Å²) in [4.78, 5) is 0. The molecule has 2 nitrogen and oxygen atoms in total. The molecule has 18 heavy (non-hydrogen) atoms. The highest BCUT2D eigenvalue weighted by atomic mass is 19.4. The van der Waals surface area contributed by atoms with E-state index >= 15 is 0 Å². The number of ether oxygens (including phenoxy) is 1. The second-order valence-electron chi connectivity index (χ2n) is 3.72. The molecule has 0 aliphatic carbocycles. The molecule has 0 saturated heterocycles. The Morgan fingerprint density at radius 2 is 1.67 bits per heavy atom. The number of alkyl halides is 6. The van der Waals surface area contributed by atoms with Gasteiger partial charge in [-0.05, 0) is 12.1 Å². The maximum absolute atomic E-state index is 12.7. The SMILES string of the molecule is FC(F)(F)c1cc2c(c(C(F)(F)F)c1)OCNC2. The molecule has 1 aliphatic heterocycles. The lowest BCUT2D eigenvalue weighted by molar-refractivity contribution is -0.144. The first kappa shape index (κ1) is 13.0. The van der Waals surface area contributed by atoms with Gasteiger partial charge in [-0.25, -0.2) is 0 Å². The lowest BCUT2D eigenvalue weighted by Crippen LogP contribution is -2.28. The fourth-order valence-corrected chi connectivity index (χ4v) is 1.67. The molecule has 0 fully saturated rings. The zero-order chi connectivity index (χ0) is 13.6. The van der Waals surface area contributed by atoms with Gasteiger partial charge in [0.2, 0.25) is 0 Å². The van der Waals surface area contributed by atoms with Crippen LogP contribution < -0.4 is 10.1 Å². The molecular formula is C10H7F6NO. The van der Waals surface area contributed by atoms with Crippen LogP contribution in [0.25, 0.3) is 0 Å². The number of hydrogen-bond acceptors (Lipinski definition) is 2. The van der Waals surface area contributed by atoms with Crippen molar-refractivity contribution < 1.29 is 31.1 Å². The Morgan fingerprint density at radius 1 is 1.00 bits per heavy atom. The topological polar surface area (TPSA) is 21.3 Å². The largest absolute Gasteiger partial charge is 0.477 e.